The summed E-state index contributed by atoms with van der Waals surface area (Å²) in [5, 5.41) is 11.8. The number of rotatable bonds is 5. The summed E-state index contributed by atoms with van der Waals surface area (Å²) in [6.45, 7) is 5.10. The molecule has 0 radical (unpaired) electrons. The van der Waals surface area contributed by atoms with Crippen molar-refractivity contribution in [3.8, 4) is 11.3 Å². The van der Waals surface area contributed by atoms with Gasteiger partial charge < -0.3 is 4.90 Å². The monoisotopic (exact) mass is 357 g/mol. The number of aryl methyl sites for hydroxylation is 2. The summed E-state index contributed by atoms with van der Waals surface area (Å²) < 4.78 is 1.79. The van der Waals surface area contributed by atoms with E-state index in [1.54, 1.807) is 28.9 Å². The molecule has 1 N–H and O–H groups in total. The van der Waals surface area contributed by atoms with Crippen molar-refractivity contribution in [2.75, 3.05) is 7.05 Å². The minimum absolute atomic E-state index is 0.147. The number of hydrogen-bond acceptors (Lipinski definition) is 3. The first-order valence-corrected chi connectivity index (χ1v) is 8.45. The predicted molar refractivity (Wildman–Crippen MR) is 97.5 cm³/mol. The third-order valence-corrected chi connectivity index (χ3v) is 4.40. The zero-order chi connectivity index (χ0) is 18.0. The van der Waals surface area contributed by atoms with Crippen LogP contribution < -0.4 is 0 Å². The van der Waals surface area contributed by atoms with E-state index in [0.29, 0.717) is 23.8 Å². The lowest BCUT2D eigenvalue weighted by molar-refractivity contribution is 0.0775. The number of nitrogens with zero attached hydrogens (tertiary/aromatic N) is 4. The van der Waals surface area contributed by atoms with Crippen LogP contribution in [0.1, 0.15) is 28.7 Å². The van der Waals surface area contributed by atoms with Crippen molar-refractivity contribution in [3.05, 3.63) is 58.5 Å². The molecule has 1 aromatic carbocycles. The van der Waals surface area contributed by atoms with Crippen LogP contribution in [0.5, 0.6) is 0 Å². The molecule has 0 spiro atoms. The maximum Gasteiger partial charge on any atom is 0.271 e. The SMILES string of the molecule is CCn1ncc(Cl)c1CN(C)C(=O)c1cc(-c2ccc(C)cc2)n[nH]1. The van der Waals surface area contributed by atoms with Crippen LogP contribution in [-0.2, 0) is 13.1 Å². The second-order valence-electron chi connectivity index (χ2n) is 5.95. The average molecular weight is 358 g/mol. The molecule has 3 rings (SSSR count). The Labute approximate surface area is 151 Å². The first kappa shape index (κ1) is 17.2. The fourth-order valence-electron chi connectivity index (χ4n) is 2.62. The van der Waals surface area contributed by atoms with Crippen LogP contribution in [0.25, 0.3) is 11.3 Å². The Kier molecular flexibility index (Phi) is 4.90. The van der Waals surface area contributed by atoms with Crippen LogP contribution in [-0.4, -0.2) is 37.8 Å². The molecular formula is C18H20ClN5O. The first-order valence-electron chi connectivity index (χ1n) is 8.07. The van der Waals surface area contributed by atoms with Crippen LogP contribution in [0.15, 0.2) is 36.5 Å². The van der Waals surface area contributed by atoms with E-state index in [4.69, 9.17) is 11.6 Å². The molecule has 0 bridgehead atoms. The lowest BCUT2D eigenvalue weighted by Gasteiger charge is -2.17. The van der Waals surface area contributed by atoms with Crippen molar-refractivity contribution in [1.29, 1.82) is 0 Å². The van der Waals surface area contributed by atoms with Crippen LogP contribution in [0, 0.1) is 6.92 Å². The van der Waals surface area contributed by atoms with Gasteiger partial charge in [-0.3, -0.25) is 14.6 Å². The minimum Gasteiger partial charge on any atom is -0.334 e. The summed E-state index contributed by atoms with van der Waals surface area (Å²) in [5.74, 6) is -0.147. The maximum absolute atomic E-state index is 12.7. The third-order valence-electron chi connectivity index (χ3n) is 4.09. The quantitative estimate of drug-likeness (QED) is 0.759. The molecule has 0 saturated heterocycles. The number of nitrogens with one attached hydrogen (secondary N) is 1. The summed E-state index contributed by atoms with van der Waals surface area (Å²) in [7, 11) is 1.73. The summed E-state index contributed by atoms with van der Waals surface area (Å²) in [4.78, 5) is 14.3. The van der Waals surface area contributed by atoms with E-state index < -0.39 is 0 Å². The van der Waals surface area contributed by atoms with Crippen LogP contribution >= 0.6 is 11.6 Å². The van der Waals surface area contributed by atoms with Gasteiger partial charge in [0.1, 0.15) is 5.69 Å². The van der Waals surface area contributed by atoms with Gasteiger partial charge in [-0.05, 0) is 19.9 Å². The Morgan fingerprint density at radius 2 is 2.04 bits per heavy atom. The lowest BCUT2D eigenvalue weighted by Crippen LogP contribution is -2.28. The molecule has 1 amide bonds. The van der Waals surface area contributed by atoms with E-state index in [9.17, 15) is 4.79 Å². The van der Waals surface area contributed by atoms with Crippen molar-refractivity contribution in [2.45, 2.75) is 26.9 Å². The molecule has 0 aliphatic rings. The molecule has 0 aliphatic carbocycles. The Morgan fingerprint density at radius 3 is 2.72 bits per heavy atom. The summed E-state index contributed by atoms with van der Waals surface area (Å²) >= 11 is 6.17. The van der Waals surface area contributed by atoms with Crippen molar-refractivity contribution in [2.24, 2.45) is 0 Å². The zero-order valence-corrected chi connectivity index (χ0v) is 15.2. The fourth-order valence-corrected chi connectivity index (χ4v) is 2.82. The number of H-pyrrole nitrogens is 1. The van der Waals surface area contributed by atoms with Gasteiger partial charge in [0, 0.05) is 19.2 Å². The smallest absolute Gasteiger partial charge is 0.271 e. The second-order valence-corrected chi connectivity index (χ2v) is 6.36. The van der Waals surface area contributed by atoms with Gasteiger partial charge in [-0.2, -0.15) is 10.2 Å². The van der Waals surface area contributed by atoms with Crippen molar-refractivity contribution in [3.63, 3.8) is 0 Å². The molecule has 0 atom stereocenters. The Balaban J connectivity index is 1.76. The molecule has 7 heteroatoms. The van der Waals surface area contributed by atoms with Gasteiger partial charge in [0.05, 0.1) is 29.2 Å². The van der Waals surface area contributed by atoms with Gasteiger partial charge in [0.2, 0.25) is 0 Å². The summed E-state index contributed by atoms with van der Waals surface area (Å²) in [6, 6.07) is 9.78. The van der Waals surface area contributed by atoms with Crippen molar-refractivity contribution < 1.29 is 4.79 Å². The van der Waals surface area contributed by atoms with Gasteiger partial charge in [-0.1, -0.05) is 41.4 Å². The lowest BCUT2D eigenvalue weighted by atomic mass is 10.1. The molecule has 0 fully saturated rings. The number of carbonyl (C=O) groups is 1. The van der Waals surface area contributed by atoms with E-state index in [1.165, 1.54) is 5.56 Å². The molecule has 2 heterocycles. The predicted octanol–water partition coefficient (Wildman–Crippen LogP) is 3.53. The normalized spacial score (nSPS) is 10.9. The van der Waals surface area contributed by atoms with Gasteiger partial charge in [-0.15, -0.1) is 0 Å². The van der Waals surface area contributed by atoms with Crippen LogP contribution in [0.2, 0.25) is 5.02 Å². The number of aromatic amines is 1. The van der Waals surface area contributed by atoms with E-state index in [2.05, 4.69) is 15.3 Å². The number of benzene rings is 1. The topological polar surface area (TPSA) is 66.8 Å². The molecule has 3 aromatic rings. The average Bonchev–Trinajstić information content (AvgIpc) is 3.23. The van der Waals surface area contributed by atoms with E-state index >= 15 is 0 Å². The third kappa shape index (κ3) is 3.58. The Hall–Kier alpha value is -2.60. The Bertz CT molecular complexity index is 881. The minimum atomic E-state index is -0.147. The van der Waals surface area contributed by atoms with Crippen molar-refractivity contribution in [1.82, 2.24) is 24.9 Å². The number of hydrogen-bond donors (Lipinski definition) is 1. The molecule has 0 saturated carbocycles. The van der Waals surface area contributed by atoms with Gasteiger partial charge in [0.25, 0.3) is 5.91 Å². The molecule has 0 aliphatic heterocycles. The van der Waals surface area contributed by atoms with E-state index in [0.717, 1.165) is 17.0 Å². The van der Waals surface area contributed by atoms with E-state index in [-0.39, 0.29) is 5.91 Å². The highest BCUT2D eigenvalue weighted by Crippen LogP contribution is 2.20. The number of halogens is 1. The number of carbonyl (C=O) groups excluding carboxylic acids is 1. The highest BCUT2D eigenvalue weighted by molar-refractivity contribution is 6.31. The van der Waals surface area contributed by atoms with Gasteiger partial charge >= 0.3 is 0 Å². The highest BCUT2D eigenvalue weighted by atomic mass is 35.5. The molecule has 25 heavy (non-hydrogen) atoms. The number of amides is 1. The highest BCUT2D eigenvalue weighted by Gasteiger charge is 2.18. The largest absolute Gasteiger partial charge is 0.334 e. The van der Waals surface area contributed by atoms with Gasteiger partial charge in [0.15, 0.2) is 0 Å². The molecule has 130 valence electrons. The fraction of sp³-hybridized carbons (Fsp3) is 0.278. The standard InChI is InChI=1S/C18H20ClN5O/c1-4-24-17(14(19)10-20-24)11-23(3)18(25)16-9-15(21-22-16)13-7-5-12(2)6-8-13/h5-10H,4,11H2,1-3H3,(H,21,22). The molecule has 0 unspecified atom stereocenters. The molecule has 6 nitrogen and oxygen atoms in total. The van der Waals surface area contributed by atoms with Crippen molar-refractivity contribution >= 4 is 17.5 Å². The van der Waals surface area contributed by atoms with Gasteiger partial charge in [-0.25, -0.2) is 0 Å². The molecular weight excluding hydrogens is 338 g/mol. The summed E-state index contributed by atoms with van der Waals surface area (Å²) in [5.41, 5.74) is 4.15. The zero-order valence-electron chi connectivity index (χ0n) is 14.5. The molecule has 2 aromatic heterocycles. The Morgan fingerprint density at radius 1 is 1.32 bits per heavy atom. The maximum atomic E-state index is 12.7. The first-order chi connectivity index (χ1) is 12.0. The number of aromatic nitrogens is 4. The van der Waals surface area contributed by atoms with Crippen LogP contribution in [0.3, 0.4) is 0 Å². The van der Waals surface area contributed by atoms with E-state index in [1.807, 2.05) is 38.1 Å². The van der Waals surface area contributed by atoms with Crippen LogP contribution in [0.4, 0.5) is 0 Å². The second kappa shape index (κ2) is 7.11. The summed E-state index contributed by atoms with van der Waals surface area (Å²) in [6.07, 6.45) is 1.60.